The molecule has 19 heavy (non-hydrogen) atoms. The van der Waals surface area contributed by atoms with Gasteiger partial charge in [0.1, 0.15) is 5.75 Å². The van der Waals surface area contributed by atoms with Gasteiger partial charge < -0.3 is 10.8 Å². The molecule has 0 bridgehead atoms. The maximum absolute atomic E-state index is 11.3. The molecule has 0 spiro atoms. The van der Waals surface area contributed by atoms with E-state index in [-0.39, 0.29) is 5.75 Å². The predicted molar refractivity (Wildman–Crippen MR) is 74.0 cm³/mol. The van der Waals surface area contributed by atoms with Gasteiger partial charge in [-0.1, -0.05) is 24.3 Å². The second-order valence-corrected chi connectivity index (χ2v) is 4.31. The fourth-order valence-electron chi connectivity index (χ4n) is 2.25. The van der Waals surface area contributed by atoms with Crippen LogP contribution in [0.25, 0.3) is 22.0 Å². The van der Waals surface area contributed by atoms with Crippen molar-refractivity contribution >= 4 is 16.9 Å². The molecule has 94 valence electrons. The lowest BCUT2D eigenvalue weighted by Gasteiger charge is -2.05. The number of fused-ring (bicyclic) bond motifs is 1. The smallest absolute Gasteiger partial charge is 0.323 e. The molecule has 1 aromatic heterocycles. The number of amides is 1. The van der Waals surface area contributed by atoms with E-state index in [0.717, 1.165) is 22.0 Å². The van der Waals surface area contributed by atoms with E-state index in [0.29, 0.717) is 0 Å². The number of rotatable bonds is 1. The highest BCUT2D eigenvalue weighted by atomic mass is 16.3. The van der Waals surface area contributed by atoms with Crippen LogP contribution in [0.4, 0.5) is 4.79 Å². The maximum atomic E-state index is 11.3. The highest BCUT2D eigenvalue weighted by Crippen LogP contribution is 2.30. The average molecular weight is 252 g/mol. The van der Waals surface area contributed by atoms with Gasteiger partial charge in [0.15, 0.2) is 0 Å². The fourth-order valence-corrected chi connectivity index (χ4v) is 2.25. The molecule has 0 saturated carbocycles. The summed E-state index contributed by atoms with van der Waals surface area (Å²) in [6.45, 7) is 0. The minimum atomic E-state index is -0.502. The molecule has 0 unspecified atom stereocenters. The highest BCUT2D eigenvalue weighted by molar-refractivity contribution is 5.99. The van der Waals surface area contributed by atoms with Crippen molar-refractivity contribution < 1.29 is 9.90 Å². The summed E-state index contributed by atoms with van der Waals surface area (Å²) in [4.78, 5) is 11.3. The first kappa shape index (κ1) is 11.3. The van der Waals surface area contributed by atoms with Crippen molar-refractivity contribution in [1.82, 2.24) is 4.57 Å². The van der Waals surface area contributed by atoms with Crippen molar-refractivity contribution in [1.29, 1.82) is 0 Å². The number of hydrogen-bond donors (Lipinski definition) is 2. The molecule has 4 nitrogen and oxygen atoms in total. The van der Waals surface area contributed by atoms with Gasteiger partial charge in [-0.05, 0) is 35.4 Å². The number of phenols is 1. The second-order valence-electron chi connectivity index (χ2n) is 4.31. The Morgan fingerprint density at radius 2 is 1.79 bits per heavy atom. The van der Waals surface area contributed by atoms with E-state index in [2.05, 4.69) is 0 Å². The lowest BCUT2D eigenvalue weighted by atomic mass is 10.0. The van der Waals surface area contributed by atoms with E-state index < -0.39 is 6.03 Å². The third-order valence-electron chi connectivity index (χ3n) is 3.15. The summed E-state index contributed by atoms with van der Waals surface area (Å²) in [6.07, 6.45) is 1.66. The molecule has 3 rings (SSSR count). The van der Waals surface area contributed by atoms with E-state index >= 15 is 0 Å². The Morgan fingerprint density at radius 3 is 2.47 bits per heavy atom. The molecule has 2 aromatic carbocycles. The van der Waals surface area contributed by atoms with Crippen LogP contribution in [0.15, 0.2) is 54.7 Å². The summed E-state index contributed by atoms with van der Waals surface area (Å²) < 4.78 is 1.42. The van der Waals surface area contributed by atoms with Gasteiger partial charge in [-0.25, -0.2) is 4.79 Å². The number of aromatic nitrogens is 1. The number of nitrogens with zero attached hydrogens (tertiary/aromatic N) is 1. The van der Waals surface area contributed by atoms with Crippen molar-refractivity contribution in [3.8, 4) is 16.9 Å². The van der Waals surface area contributed by atoms with Crippen molar-refractivity contribution in [3.05, 3.63) is 54.7 Å². The summed E-state index contributed by atoms with van der Waals surface area (Å²) in [5.41, 5.74) is 8.07. The molecule has 1 amide bonds. The van der Waals surface area contributed by atoms with E-state index in [9.17, 15) is 9.90 Å². The van der Waals surface area contributed by atoms with Gasteiger partial charge in [0.2, 0.25) is 0 Å². The molecule has 4 heteroatoms. The van der Waals surface area contributed by atoms with Gasteiger partial charge in [-0.2, -0.15) is 0 Å². The second kappa shape index (κ2) is 4.17. The molecular weight excluding hydrogens is 240 g/mol. The molecule has 0 atom stereocenters. The van der Waals surface area contributed by atoms with E-state index in [1.54, 1.807) is 18.3 Å². The Morgan fingerprint density at radius 1 is 1.05 bits per heavy atom. The van der Waals surface area contributed by atoms with Gasteiger partial charge >= 0.3 is 6.03 Å². The standard InChI is InChI=1S/C15H12N2O2/c16-15(19)17-9-8-13-12(2-1-3-14(13)17)10-4-6-11(18)7-5-10/h1-9,18H,(H2,16,19). The van der Waals surface area contributed by atoms with Gasteiger partial charge in [0, 0.05) is 11.6 Å². The minimum Gasteiger partial charge on any atom is -0.508 e. The molecule has 0 saturated heterocycles. The summed E-state index contributed by atoms with van der Waals surface area (Å²) in [5.74, 6) is 0.227. The molecule has 0 aliphatic rings. The molecule has 3 aromatic rings. The van der Waals surface area contributed by atoms with E-state index in [4.69, 9.17) is 5.73 Å². The third-order valence-corrected chi connectivity index (χ3v) is 3.15. The number of benzene rings is 2. The Labute approximate surface area is 109 Å². The number of phenolic OH excluding ortho intramolecular Hbond substituents is 1. The zero-order valence-electron chi connectivity index (χ0n) is 10.1. The number of nitrogens with two attached hydrogens (primary N) is 1. The number of carbonyl (C=O) groups excluding carboxylic acids is 1. The van der Waals surface area contributed by atoms with Crippen molar-refractivity contribution in [2.75, 3.05) is 0 Å². The van der Waals surface area contributed by atoms with Crippen LogP contribution in [0, 0.1) is 0 Å². The molecule has 0 aliphatic carbocycles. The largest absolute Gasteiger partial charge is 0.508 e. The van der Waals surface area contributed by atoms with Crippen LogP contribution in [0.5, 0.6) is 5.75 Å². The van der Waals surface area contributed by atoms with Crippen LogP contribution in [-0.4, -0.2) is 15.7 Å². The fraction of sp³-hybridized carbons (Fsp3) is 0. The molecule has 0 fully saturated rings. The van der Waals surface area contributed by atoms with Crippen molar-refractivity contribution in [3.63, 3.8) is 0 Å². The van der Waals surface area contributed by atoms with Gasteiger partial charge in [0.05, 0.1) is 5.52 Å². The maximum Gasteiger partial charge on any atom is 0.323 e. The SMILES string of the molecule is NC(=O)n1ccc2c(-c3ccc(O)cc3)cccc21. The number of primary amides is 1. The molecule has 0 radical (unpaired) electrons. The number of hydrogen-bond acceptors (Lipinski definition) is 2. The first-order chi connectivity index (χ1) is 9.16. The Bertz CT molecular complexity index is 757. The van der Waals surface area contributed by atoms with Crippen molar-refractivity contribution in [2.24, 2.45) is 5.73 Å². The Hall–Kier alpha value is -2.75. The topological polar surface area (TPSA) is 68.2 Å². The van der Waals surface area contributed by atoms with Gasteiger partial charge in [0.25, 0.3) is 0 Å². The number of carbonyl (C=O) groups is 1. The summed E-state index contributed by atoms with van der Waals surface area (Å²) >= 11 is 0. The van der Waals surface area contributed by atoms with E-state index in [1.807, 2.05) is 36.4 Å². The summed E-state index contributed by atoms with van der Waals surface area (Å²) in [5, 5.41) is 10.3. The van der Waals surface area contributed by atoms with Crippen LogP contribution in [0.1, 0.15) is 0 Å². The lowest BCUT2D eigenvalue weighted by molar-refractivity contribution is 0.251. The third kappa shape index (κ3) is 1.83. The average Bonchev–Trinajstić information content (AvgIpc) is 2.83. The monoisotopic (exact) mass is 252 g/mol. The molecule has 1 heterocycles. The Balaban J connectivity index is 2.25. The normalized spacial score (nSPS) is 10.7. The van der Waals surface area contributed by atoms with Crippen LogP contribution < -0.4 is 5.73 Å². The zero-order valence-corrected chi connectivity index (χ0v) is 10.1. The van der Waals surface area contributed by atoms with Crippen LogP contribution in [0.3, 0.4) is 0 Å². The van der Waals surface area contributed by atoms with Crippen LogP contribution >= 0.6 is 0 Å². The summed E-state index contributed by atoms with van der Waals surface area (Å²) in [7, 11) is 0. The van der Waals surface area contributed by atoms with Gasteiger partial charge in [-0.15, -0.1) is 0 Å². The van der Waals surface area contributed by atoms with Crippen LogP contribution in [0.2, 0.25) is 0 Å². The van der Waals surface area contributed by atoms with E-state index in [1.165, 1.54) is 4.57 Å². The first-order valence-electron chi connectivity index (χ1n) is 5.86. The Kier molecular flexibility index (Phi) is 2.49. The lowest BCUT2D eigenvalue weighted by Crippen LogP contribution is -2.17. The predicted octanol–water partition coefficient (Wildman–Crippen LogP) is 2.94. The number of aromatic hydroxyl groups is 1. The van der Waals surface area contributed by atoms with Gasteiger partial charge in [-0.3, -0.25) is 4.57 Å². The zero-order chi connectivity index (χ0) is 13.4. The molecular formula is C15H12N2O2. The quantitative estimate of drug-likeness (QED) is 0.699. The first-order valence-corrected chi connectivity index (χ1v) is 5.86. The van der Waals surface area contributed by atoms with Crippen LogP contribution in [-0.2, 0) is 0 Å². The highest BCUT2D eigenvalue weighted by Gasteiger charge is 2.09. The molecule has 0 aliphatic heterocycles. The molecule has 3 N–H and O–H groups in total. The summed E-state index contributed by atoms with van der Waals surface area (Å²) in [6, 6.07) is 14.0. The minimum absolute atomic E-state index is 0.227. The van der Waals surface area contributed by atoms with Crippen molar-refractivity contribution in [2.45, 2.75) is 0 Å².